The maximum atomic E-state index is 13.0. The van der Waals surface area contributed by atoms with Gasteiger partial charge in [0.15, 0.2) is 11.6 Å². The Balaban J connectivity index is 0.000000980. The molecule has 0 aromatic heterocycles. The molecule has 1 aromatic rings. The van der Waals surface area contributed by atoms with Crippen LogP contribution in [0.15, 0.2) is 18.2 Å². The van der Waals surface area contributed by atoms with Gasteiger partial charge in [-0.3, -0.25) is 0 Å². The van der Waals surface area contributed by atoms with Crippen molar-refractivity contribution in [3.63, 3.8) is 0 Å². The van der Waals surface area contributed by atoms with Gasteiger partial charge in [-0.05, 0) is 12.1 Å². The van der Waals surface area contributed by atoms with Crippen molar-refractivity contribution in [3.8, 4) is 5.75 Å². The van der Waals surface area contributed by atoms with Crippen LogP contribution in [-0.2, 0) is 0 Å². The number of ether oxygens (including phenoxy) is 1. The van der Waals surface area contributed by atoms with Crippen molar-refractivity contribution in [2.24, 2.45) is 0 Å². The monoisotopic (exact) mass is 221 g/mol. The van der Waals surface area contributed by atoms with E-state index in [9.17, 15) is 8.78 Å². The minimum atomic E-state index is -0.646. The number of rotatable bonds is 2. The van der Waals surface area contributed by atoms with E-state index in [4.69, 9.17) is 4.74 Å². The zero-order chi connectivity index (χ0) is 9.26. The summed E-state index contributed by atoms with van der Waals surface area (Å²) in [5.41, 5.74) is 0. The SMILES string of the molecule is Cl.Fc1ccc(OC2CNC2)c(F)c1. The van der Waals surface area contributed by atoms with Gasteiger partial charge in [0, 0.05) is 19.2 Å². The molecule has 14 heavy (non-hydrogen) atoms. The quantitative estimate of drug-likeness (QED) is 0.822. The van der Waals surface area contributed by atoms with Gasteiger partial charge in [-0.2, -0.15) is 0 Å². The molecule has 0 bridgehead atoms. The Morgan fingerprint density at radius 1 is 1.29 bits per heavy atom. The topological polar surface area (TPSA) is 21.3 Å². The van der Waals surface area contributed by atoms with E-state index < -0.39 is 11.6 Å². The first kappa shape index (κ1) is 11.2. The molecule has 1 aliphatic rings. The first-order valence-electron chi connectivity index (χ1n) is 4.08. The summed E-state index contributed by atoms with van der Waals surface area (Å²) in [6, 6.07) is 3.31. The van der Waals surface area contributed by atoms with Crippen molar-refractivity contribution in [1.82, 2.24) is 5.32 Å². The maximum Gasteiger partial charge on any atom is 0.167 e. The predicted molar refractivity (Wildman–Crippen MR) is 50.9 cm³/mol. The van der Waals surface area contributed by atoms with Crippen molar-refractivity contribution in [2.45, 2.75) is 6.10 Å². The molecule has 1 saturated heterocycles. The van der Waals surface area contributed by atoms with Gasteiger partial charge in [0.05, 0.1) is 0 Å². The van der Waals surface area contributed by atoms with Crippen LogP contribution < -0.4 is 10.1 Å². The first-order chi connectivity index (χ1) is 6.25. The Morgan fingerprint density at radius 2 is 2.00 bits per heavy atom. The Morgan fingerprint density at radius 3 is 2.50 bits per heavy atom. The second-order valence-electron chi connectivity index (χ2n) is 2.97. The lowest BCUT2D eigenvalue weighted by molar-refractivity contribution is 0.136. The molecule has 1 aromatic carbocycles. The Labute approximate surface area is 86.7 Å². The lowest BCUT2D eigenvalue weighted by Crippen LogP contribution is -2.50. The van der Waals surface area contributed by atoms with Crippen LogP contribution in [0, 0.1) is 11.6 Å². The van der Waals surface area contributed by atoms with E-state index in [1.165, 1.54) is 12.1 Å². The van der Waals surface area contributed by atoms with Crippen molar-refractivity contribution in [3.05, 3.63) is 29.8 Å². The van der Waals surface area contributed by atoms with Crippen LogP contribution in [0.2, 0.25) is 0 Å². The summed E-state index contributed by atoms with van der Waals surface area (Å²) < 4.78 is 30.7. The van der Waals surface area contributed by atoms with Gasteiger partial charge in [0.2, 0.25) is 0 Å². The highest BCUT2D eigenvalue weighted by Gasteiger charge is 2.19. The van der Waals surface area contributed by atoms with Gasteiger partial charge in [0.1, 0.15) is 11.9 Å². The van der Waals surface area contributed by atoms with Gasteiger partial charge < -0.3 is 10.1 Å². The van der Waals surface area contributed by atoms with Crippen LogP contribution in [0.5, 0.6) is 5.75 Å². The largest absolute Gasteiger partial charge is 0.485 e. The standard InChI is InChI=1S/C9H9F2NO.ClH/c10-6-1-2-9(8(11)3-6)13-7-4-12-5-7;/h1-3,7,12H,4-5H2;1H. The van der Waals surface area contributed by atoms with Gasteiger partial charge >= 0.3 is 0 Å². The summed E-state index contributed by atoms with van der Waals surface area (Å²) in [6.45, 7) is 1.44. The number of benzene rings is 1. The van der Waals surface area contributed by atoms with Crippen molar-refractivity contribution in [2.75, 3.05) is 13.1 Å². The second-order valence-corrected chi connectivity index (χ2v) is 2.97. The molecular weight excluding hydrogens is 212 g/mol. The van der Waals surface area contributed by atoms with Gasteiger partial charge in [-0.25, -0.2) is 8.78 Å². The summed E-state index contributed by atoms with van der Waals surface area (Å²) in [4.78, 5) is 0. The molecule has 1 heterocycles. The average Bonchev–Trinajstić information content (AvgIpc) is 1.99. The third kappa shape index (κ3) is 2.33. The molecule has 5 heteroatoms. The number of halogens is 3. The third-order valence-corrected chi connectivity index (χ3v) is 1.93. The first-order valence-corrected chi connectivity index (χ1v) is 4.08. The van der Waals surface area contributed by atoms with Gasteiger partial charge in [-0.1, -0.05) is 0 Å². The molecule has 0 spiro atoms. The second kappa shape index (κ2) is 4.57. The smallest absolute Gasteiger partial charge is 0.167 e. The highest BCUT2D eigenvalue weighted by molar-refractivity contribution is 5.85. The Hall–Kier alpha value is -0.870. The average molecular weight is 222 g/mol. The summed E-state index contributed by atoms with van der Waals surface area (Å²) in [5, 5.41) is 2.99. The normalized spacial score (nSPS) is 15.6. The van der Waals surface area contributed by atoms with Crippen molar-refractivity contribution >= 4 is 12.4 Å². The summed E-state index contributed by atoms with van der Waals surface area (Å²) in [7, 11) is 0. The van der Waals surface area contributed by atoms with Gasteiger partial charge in [-0.15, -0.1) is 12.4 Å². The fourth-order valence-corrected chi connectivity index (χ4v) is 1.10. The van der Waals surface area contributed by atoms with Crippen LogP contribution >= 0.6 is 12.4 Å². The van der Waals surface area contributed by atoms with E-state index >= 15 is 0 Å². The highest BCUT2D eigenvalue weighted by Crippen LogP contribution is 2.19. The van der Waals surface area contributed by atoms with E-state index in [-0.39, 0.29) is 24.3 Å². The molecule has 0 radical (unpaired) electrons. The molecule has 1 fully saturated rings. The van der Waals surface area contributed by atoms with Crippen LogP contribution in [0.4, 0.5) is 8.78 Å². The van der Waals surface area contributed by atoms with Crippen LogP contribution in [0.3, 0.4) is 0 Å². The molecule has 78 valence electrons. The number of hydrogen-bond acceptors (Lipinski definition) is 2. The van der Waals surface area contributed by atoms with Crippen LogP contribution in [0.25, 0.3) is 0 Å². The van der Waals surface area contributed by atoms with Gasteiger partial charge in [0.25, 0.3) is 0 Å². The molecule has 1 N–H and O–H groups in total. The zero-order valence-electron chi connectivity index (χ0n) is 7.30. The molecular formula is C9H10ClF2NO. The van der Waals surface area contributed by atoms with E-state index in [0.717, 1.165) is 19.2 Å². The van der Waals surface area contributed by atoms with Crippen molar-refractivity contribution in [1.29, 1.82) is 0 Å². The molecule has 1 aliphatic heterocycles. The summed E-state index contributed by atoms with van der Waals surface area (Å²) in [5.74, 6) is -1.11. The zero-order valence-corrected chi connectivity index (χ0v) is 8.11. The molecule has 0 amide bonds. The van der Waals surface area contributed by atoms with E-state index in [2.05, 4.69) is 5.32 Å². The fourth-order valence-electron chi connectivity index (χ4n) is 1.10. The lowest BCUT2D eigenvalue weighted by Gasteiger charge is -2.27. The molecule has 0 atom stereocenters. The predicted octanol–water partition coefficient (Wildman–Crippen LogP) is 1.74. The maximum absolute atomic E-state index is 13.0. The van der Waals surface area contributed by atoms with E-state index in [1.807, 2.05) is 0 Å². The fraction of sp³-hybridized carbons (Fsp3) is 0.333. The summed E-state index contributed by atoms with van der Waals surface area (Å²) >= 11 is 0. The Kier molecular flexibility index (Phi) is 3.66. The highest BCUT2D eigenvalue weighted by atomic mass is 35.5. The van der Waals surface area contributed by atoms with E-state index in [1.54, 1.807) is 0 Å². The molecule has 2 nitrogen and oxygen atoms in total. The molecule has 0 saturated carbocycles. The number of nitrogens with one attached hydrogen (secondary N) is 1. The Bertz CT molecular complexity index is 318. The third-order valence-electron chi connectivity index (χ3n) is 1.93. The van der Waals surface area contributed by atoms with Crippen molar-refractivity contribution < 1.29 is 13.5 Å². The molecule has 2 rings (SSSR count). The summed E-state index contributed by atoms with van der Waals surface area (Å²) in [6.07, 6.45) is 0.0139. The number of hydrogen-bond donors (Lipinski definition) is 1. The molecule has 0 unspecified atom stereocenters. The van der Waals surface area contributed by atoms with Crippen LogP contribution in [0.1, 0.15) is 0 Å². The minimum absolute atomic E-state index is 0. The van der Waals surface area contributed by atoms with Crippen LogP contribution in [-0.4, -0.2) is 19.2 Å². The van der Waals surface area contributed by atoms with E-state index in [0.29, 0.717) is 0 Å². The lowest BCUT2D eigenvalue weighted by atomic mass is 10.2. The minimum Gasteiger partial charge on any atom is -0.485 e. The molecule has 0 aliphatic carbocycles.